The number of aromatic nitrogens is 4. The minimum Gasteiger partial charge on any atom is -0.493 e. The Morgan fingerprint density at radius 2 is 2.00 bits per heavy atom. The number of carbonyl (C=O) groups excluding carboxylic acids is 1. The summed E-state index contributed by atoms with van der Waals surface area (Å²) in [7, 11) is 3.20. The van der Waals surface area contributed by atoms with Gasteiger partial charge in [0.1, 0.15) is 0 Å². The van der Waals surface area contributed by atoms with E-state index in [-0.39, 0.29) is 12.1 Å². The van der Waals surface area contributed by atoms with Crippen molar-refractivity contribution in [2.75, 3.05) is 39.2 Å². The molecular formula is C23H26N6O4. The molecule has 2 aliphatic heterocycles. The van der Waals surface area contributed by atoms with Crippen LogP contribution in [0.5, 0.6) is 11.5 Å². The Kier molecular flexibility index (Phi) is 5.82. The zero-order valence-electron chi connectivity index (χ0n) is 18.6. The van der Waals surface area contributed by atoms with Crippen LogP contribution in [0.15, 0.2) is 36.4 Å². The summed E-state index contributed by atoms with van der Waals surface area (Å²) in [5, 5.41) is 17.5. The van der Waals surface area contributed by atoms with Crippen LogP contribution in [-0.2, 0) is 4.74 Å². The highest BCUT2D eigenvalue weighted by Crippen LogP contribution is 2.37. The summed E-state index contributed by atoms with van der Waals surface area (Å²) in [6, 6.07) is 11.2. The number of aromatic amines is 1. The number of amides is 2. The lowest BCUT2D eigenvalue weighted by Gasteiger charge is -2.34. The van der Waals surface area contributed by atoms with E-state index < -0.39 is 0 Å². The van der Waals surface area contributed by atoms with E-state index in [4.69, 9.17) is 14.2 Å². The van der Waals surface area contributed by atoms with Crippen molar-refractivity contribution in [1.29, 1.82) is 0 Å². The molecule has 1 aromatic heterocycles. The second-order valence-electron chi connectivity index (χ2n) is 8.19. The van der Waals surface area contributed by atoms with Crippen LogP contribution in [0.25, 0.3) is 22.5 Å². The zero-order chi connectivity index (χ0) is 22.8. The number of nitrogens with zero attached hydrogens (tertiary/aromatic N) is 4. The summed E-state index contributed by atoms with van der Waals surface area (Å²) in [5.41, 5.74) is 3.14. The number of H-pyrrole nitrogens is 1. The van der Waals surface area contributed by atoms with E-state index in [9.17, 15) is 4.79 Å². The fraction of sp³-hybridized carbons (Fsp3) is 0.391. The lowest BCUT2D eigenvalue weighted by Crippen LogP contribution is -2.47. The molecule has 2 amide bonds. The van der Waals surface area contributed by atoms with Crippen molar-refractivity contribution in [2.45, 2.75) is 18.9 Å². The largest absolute Gasteiger partial charge is 0.493 e. The summed E-state index contributed by atoms with van der Waals surface area (Å²) in [6.45, 7) is 2.15. The molecule has 2 saturated heterocycles. The molecule has 3 aromatic rings. The van der Waals surface area contributed by atoms with Gasteiger partial charge in [0.05, 0.1) is 20.3 Å². The predicted octanol–water partition coefficient (Wildman–Crippen LogP) is 3.19. The number of benzene rings is 2. The van der Waals surface area contributed by atoms with Crippen LogP contribution in [0, 0.1) is 5.92 Å². The van der Waals surface area contributed by atoms with Crippen LogP contribution >= 0.6 is 0 Å². The van der Waals surface area contributed by atoms with E-state index in [0.717, 1.165) is 42.7 Å². The number of urea groups is 1. The number of rotatable bonds is 5. The summed E-state index contributed by atoms with van der Waals surface area (Å²) in [5.74, 6) is 2.25. The molecule has 0 aliphatic carbocycles. The van der Waals surface area contributed by atoms with E-state index in [2.05, 4.69) is 25.9 Å². The number of likely N-dealkylation sites (tertiary alicyclic amines) is 1. The first-order valence-electron chi connectivity index (χ1n) is 10.9. The van der Waals surface area contributed by atoms with Gasteiger partial charge >= 0.3 is 6.03 Å². The first-order chi connectivity index (χ1) is 16.2. The molecule has 0 spiro atoms. The molecule has 2 unspecified atom stereocenters. The summed E-state index contributed by atoms with van der Waals surface area (Å²) in [6.07, 6.45) is 2.21. The van der Waals surface area contributed by atoms with Gasteiger partial charge < -0.3 is 24.4 Å². The third kappa shape index (κ3) is 4.21. The van der Waals surface area contributed by atoms with Crippen LogP contribution in [0.4, 0.5) is 10.5 Å². The van der Waals surface area contributed by atoms with Gasteiger partial charge in [-0.2, -0.15) is 5.21 Å². The molecule has 33 heavy (non-hydrogen) atoms. The van der Waals surface area contributed by atoms with E-state index >= 15 is 0 Å². The van der Waals surface area contributed by atoms with E-state index in [1.54, 1.807) is 14.2 Å². The molecule has 0 radical (unpaired) electrons. The highest BCUT2D eigenvalue weighted by atomic mass is 16.5. The molecule has 10 heteroatoms. The summed E-state index contributed by atoms with van der Waals surface area (Å²) >= 11 is 0. The van der Waals surface area contributed by atoms with Gasteiger partial charge in [0.2, 0.25) is 5.82 Å². The maximum absolute atomic E-state index is 12.9. The molecule has 10 nitrogen and oxygen atoms in total. The average Bonchev–Trinajstić information content (AvgIpc) is 3.55. The van der Waals surface area contributed by atoms with Crippen LogP contribution in [-0.4, -0.2) is 71.6 Å². The number of tetrazole rings is 1. The molecule has 2 aliphatic rings. The number of nitrogens with one attached hydrogen (secondary N) is 2. The highest BCUT2D eigenvalue weighted by molar-refractivity contribution is 5.92. The average molecular weight is 450 g/mol. The van der Waals surface area contributed by atoms with Crippen LogP contribution < -0.4 is 14.8 Å². The number of piperidine rings is 1. The number of hydrogen-bond donors (Lipinski definition) is 2. The van der Waals surface area contributed by atoms with Crippen molar-refractivity contribution in [3.05, 3.63) is 36.4 Å². The number of hydrogen-bond acceptors (Lipinski definition) is 7. The van der Waals surface area contributed by atoms with E-state index in [0.29, 0.717) is 35.5 Å². The van der Waals surface area contributed by atoms with Gasteiger partial charge in [-0.1, -0.05) is 12.1 Å². The fourth-order valence-corrected chi connectivity index (χ4v) is 4.58. The number of fused-ring (bicyclic) bond motifs is 1. The van der Waals surface area contributed by atoms with Gasteiger partial charge in [0.25, 0.3) is 0 Å². The molecule has 2 N–H and O–H groups in total. The van der Waals surface area contributed by atoms with Crippen LogP contribution in [0.1, 0.15) is 12.8 Å². The maximum atomic E-state index is 12.9. The van der Waals surface area contributed by atoms with E-state index in [1.165, 1.54) is 0 Å². The van der Waals surface area contributed by atoms with Crippen molar-refractivity contribution >= 4 is 11.7 Å². The summed E-state index contributed by atoms with van der Waals surface area (Å²) < 4.78 is 16.6. The Morgan fingerprint density at radius 1 is 1.12 bits per heavy atom. The Morgan fingerprint density at radius 3 is 2.79 bits per heavy atom. The highest BCUT2D eigenvalue weighted by Gasteiger charge is 2.35. The smallest absolute Gasteiger partial charge is 0.321 e. The standard InChI is InChI=1S/C23H26N6O4/c1-31-19-6-3-15(11-20(19)32-2)17-5-4-16(12-18(17)22-25-27-28-26-22)24-23(30)29-9-7-14-8-10-33-21(14)13-29/h3-6,11-12,14,21H,7-10,13H2,1-2H3,(H,24,30)(H,25,26,27,28). The minimum absolute atomic E-state index is 0.137. The Balaban J connectivity index is 1.42. The fourth-order valence-electron chi connectivity index (χ4n) is 4.58. The second-order valence-corrected chi connectivity index (χ2v) is 8.19. The molecule has 2 atom stereocenters. The lowest BCUT2D eigenvalue weighted by molar-refractivity contribution is 0.0412. The molecule has 3 heterocycles. The Bertz CT molecular complexity index is 1140. The van der Waals surface area contributed by atoms with Crippen molar-refractivity contribution in [3.8, 4) is 34.0 Å². The van der Waals surface area contributed by atoms with Gasteiger partial charge in [-0.15, -0.1) is 10.2 Å². The van der Waals surface area contributed by atoms with Crippen molar-refractivity contribution < 1.29 is 19.0 Å². The SMILES string of the molecule is COc1ccc(-c2ccc(NC(=O)N3CCC4CCOC4C3)cc2-c2nn[nH]n2)cc1OC. The Labute approximate surface area is 191 Å². The first-order valence-corrected chi connectivity index (χ1v) is 10.9. The quantitative estimate of drug-likeness (QED) is 0.613. The molecular weight excluding hydrogens is 424 g/mol. The molecule has 172 valence electrons. The molecule has 0 bridgehead atoms. The third-order valence-electron chi connectivity index (χ3n) is 6.36. The Hall–Kier alpha value is -3.66. The third-order valence-corrected chi connectivity index (χ3v) is 6.36. The number of carbonyl (C=O) groups is 1. The monoisotopic (exact) mass is 450 g/mol. The van der Waals surface area contributed by atoms with Gasteiger partial charge in [0, 0.05) is 30.9 Å². The van der Waals surface area contributed by atoms with Gasteiger partial charge in [0.15, 0.2) is 11.5 Å². The second kappa shape index (κ2) is 9.07. The lowest BCUT2D eigenvalue weighted by atomic mass is 9.93. The molecule has 2 aromatic carbocycles. The normalized spacial score (nSPS) is 19.8. The van der Waals surface area contributed by atoms with Gasteiger partial charge in [-0.25, -0.2) is 4.79 Å². The van der Waals surface area contributed by atoms with Crippen molar-refractivity contribution in [2.24, 2.45) is 5.92 Å². The number of anilines is 1. The van der Waals surface area contributed by atoms with E-state index in [1.807, 2.05) is 41.3 Å². The maximum Gasteiger partial charge on any atom is 0.321 e. The molecule has 0 saturated carbocycles. The van der Waals surface area contributed by atoms with Gasteiger partial charge in [-0.05, 0) is 59.4 Å². The van der Waals surface area contributed by atoms with Crippen molar-refractivity contribution in [3.63, 3.8) is 0 Å². The number of methoxy groups -OCH3 is 2. The predicted molar refractivity (Wildman–Crippen MR) is 121 cm³/mol. The zero-order valence-corrected chi connectivity index (χ0v) is 18.6. The van der Waals surface area contributed by atoms with Crippen LogP contribution in [0.2, 0.25) is 0 Å². The molecule has 2 fully saturated rings. The first kappa shape index (κ1) is 21.2. The number of ether oxygens (including phenoxy) is 3. The summed E-state index contributed by atoms with van der Waals surface area (Å²) in [4.78, 5) is 14.8. The van der Waals surface area contributed by atoms with Crippen LogP contribution in [0.3, 0.4) is 0 Å². The minimum atomic E-state index is -0.137. The topological polar surface area (TPSA) is 114 Å². The van der Waals surface area contributed by atoms with Crippen molar-refractivity contribution in [1.82, 2.24) is 25.5 Å². The molecule has 5 rings (SSSR count). The van der Waals surface area contributed by atoms with Gasteiger partial charge in [-0.3, -0.25) is 0 Å².